The molecule has 21 heavy (non-hydrogen) atoms. The Morgan fingerprint density at radius 2 is 2.19 bits per heavy atom. The van der Waals surface area contributed by atoms with Crippen LogP contribution in [0.15, 0.2) is 42.7 Å². The number of nitro benzene ring substituents is 1. The van der Waals surface area contributed by atoms with E-state index in [-0.39, 0.29) is 16.7 Å². The fourth-order valence-corrected chi connectivity index (χ4v) is 1.63. The van der Waals surface area contributed by atoms with Gasteiger partial charge in [-0.1, -0.05) is 23.7 Å². The molecule has 1 amide bonds. The molecule has 2 aromatic rings. The lowest BCUT2D eigenvalue weighted by Crippen LogP contribution is -2.09. The SMILES string of the molecule is O=C(/C=C/c1cccc([N+](=O)[O-])c1)Nc1cncc(Cl)n1. The van der Waals surface area contributed by atoms with Gasteiger partial charge >= 0.3 is 0 Å². The van der Waals surface area contributed by atoms with Gasteiger partial charge in [0.25, 0.3) is 5.69 Å². The van der Waals surface area contributed by atoms with Crippen molar-refractivity contribution in [3.63, 3.8) is 0 Å². The number of aromatic nitrogens is 2. The van der Waals surface area contributed by atoms with Crippen molar-refractivity contribution in [2.24, 2.45) is 0 Å². The first-order chi connectivity index (χ1) is 10.0. The Morgan fingerprint density at radius 3 is 2.90 bits per heavy atom. The Labute approximate surface area is 124 Å². The van der Waals surface area contributed by atoms with Gasteiger partial charge in [-0.2, -0.15) is 0 Å². The topological polar surface area (TPSA) is 98.0 Å². The third-order valence-electron chi connectivity index (χ3n) is 2.36. The van der Waals surface area contributed by atoms with E-state index in [0.717, 1.165) is 0 Å². The molecule has 0 atom stereocenters. The van der Waals surface area contributed by atoms with Gasteiger partial charge in [0, 0.05) is 18.2 Å². The molecule has 0 aliphatic carbocycles. The van der Waals surface area contributed by atoms with Crippen LogP contribution in [-0.2, 0) is 4.79 Å². The number of non-ortho nitro benzene ring substituents is 1. The standard InChI is InChI=1S/C13H9ClN4O3/c14-11-7-15-8-12(16-11)17-13(19)5-4-9-2-1-3-10(6-9)18(20)21/h1-8H,(H,16,17,19)/b5-4+. The molecule has 1 aromatic heterocycles. The second kappa shape index (κ2) is 6.58. The Morgan fingerprint density at radius 1 is 1.38 bits per heavy atom. The van der Waals surface area contributed by atoms with E-state index >= 15 is 0 Å². The molecule has 0 aliphatic heterocycles. The number of anilines is 1. The second-order valence-corrected chi connectivity index (χ2v) is 4.29. The molecule has 8 heteroatoms. The molecule has 106 valence electrons. The second-order valence-electron chi connectivity index (χ2n) is 3.90. The van der Waals surface area contributed by atoms with Gasteiger partial charge in [-0.25, -0.2) is 4.98 Å². The van der Waals surface area contributed by atoms with Gasteiger partial charge in [0.2, 0.25) is 5.91 Å². The third-order valence-corrected chi connectivity index (χ3v) is 2.55. The molecule has 0 unspecified atom stereocenters. The van der Waals surface area contributed by atoms with E-state index < -0.39 is 10.8 Å². The number of hydrogen-bond acceptors (Lipinski definition) is 5. The maximum Gasteiger partial charge on any atom is 0.270 e. The molecule has 0 radical (unpaired) electrons. The molecule has 1 aromatic carbocycles. The van der Waals surface area contributed by atoms with Crippen LogP contribution in [0.2, 0.25) is 5.15 Å². The zero-order valence-corrected chi connectivity index (χ0v) is 11.3. The van der Waals surface area contributed by atoms with E-state index in [4.69, 9.17) is 11.6 Å². The average Bonchev–Trinajstić information content (AvgIpc) is 2.45. The van der Waals surface area contributed by atoms with Gasteiger partial charge in [-0.15, -0.1) is 0 Å². The van der Waals surface area contributed by atoms with Gasteiger partial charge in [-0.3, -0.25) is 19.9 Å². The molecule has 0 aliphatic rings. The summed E-state index contributed by atoms with van der Waals surface area (Å²) < 4.78 is 0. The Bertz CT molecular complexity index is 718. The summed E-state index contributed by atoms with van der Waals surface area (Å²) >= 11 is 5.64. The highest BCUT2D eigenvalue weighted by atomic mass is 35.5. The monoisotopic (exact) mass is 304 g/mol. The average molecular weight is 305 g/mol. The molecule has 7 nitrogen and oxygen atoms in total. The van der Waals surface area contributed by atoms with Crippen molar-refractivity contribution in [1.29, 1.82) is 0 Å². The van der Waals surface area contributed by atoms with Gasteiger partial charge in [0.05, 0.1) is 17.3 Å². The lowest BCUT2D eigenvalue weighted by molar-refractivity contribution is -0.384. The van der Waals surface area contributed by atoms with Crippen LogP contribution in [-0.4, -0.2) is 20.8 Å². The van der Waals surface area contributed by atoms with Crippen LogP contribution < -0.4 is 5.32 Å². The fraction of sp³-hybridized carbons (Fsp3) is 0. The van der Waals surface area contributed by atoms with E-state index in [2.05, 4.69) is 15.3 Å². The van der Waals surface area contributed by atoms with Gasteiger partial charge in [0.1, 0.15) is 5.15 Å². The fourth-order valence-electron chi connectivity index (χ4n) is 1.48. The summed E-state index contributed by atoms with van der Waals surface area (Å²) in [7, 11) is 0. The molecule has 1 N–H and O–H groups in total. The summed E-state index contributed by atoms with van der Waals surface area (Å²) in [5, 5.41) is 13.3. The smallest absolute Gasteiger partial charge is 0.270 e. The molecular weight excluding hydrogens is 296 g/mol. The van der Waals surface area contributed by atoms with E-state index in [1.807, 2.05) is 0 Å². The van der Waals surface area contributed by atoms with Crippen LogP contribution in [0.1, 0.15) is 5.56 Å². The van der Waals surface area contributed by atoms with Crippen molar-refractivity contribution in [3.05, 3.63) is 63.6 Å². The quantitative estimate of drug-likeness (QED) is 0.532. The highest BCUT2D eigenvalue weighted by molar-refractivity contribution is 6.29. The first-order valence-electron chi connectivity index (χ1n) is 5.75. The van der Waals surface area contributed by atoms with Crippen LogP contribution in [0.25, 0.3) is 6.08 Å². The number of nitro groups is 1. The maximum atomic E-state index is 11.7. The normalized spacial score (nSPS) is 10.5. The number of halogens is 1. The third kappa shape index (κ3) is 4.36. The van der Waals surface area contributed by atoms with E-state index in [9.17, 15) is 14.9 Å². The summed E-state index contributed by atoms with van der Waals surface area (Å²) in [6.07, 6.45) is 5.39. The number of carbonyl (C=O) groups is 1. The number of amides is 1. The minimum atomic E-state index is -0.501. The summed E-state index contributed by atoms with van der Waals surface area (Å²) in [6, 6.07) is 5.93. The zero-order chi connectivity index (χ0) is 15.2. The summed E-state index contributed by atoms with van der Waals surface area (Å²) in [5.41, 5.74) is 0.495. The van der Waals surface area contributed by atoms with Gasteiger partial charge in [-0.05, 0) is 11.6 Å². The van der Waals surface area contributed by atoms with Crippen LogP contribution in [0.4, 0.5) is 11.5 Å². The lowest BCUT2D eigenvalue weighted by atomic mass is 10.2. The minimum Gasteiger partial charge on any atom is -0.306 e. The predicted octanol–water partition coefficient (Wildman–Crippen LogP) is 2.69. The van der Waals surface area contributed by atoms with Crippen molar-refractivity contribution in [2.45, 2.75) is 0 Å². The van der Waals surface area contributed by atoms with Crippen molar-refractivity contribution in [1.82, 2.24) is 9.97 Å². The van der Waals surface area contributed by atoms with Crippen LogP contribution in [0.3, 0.4) is 0 Å². The van der Waals surface area contributed by atoms with Crippen molar-refractivity contribution < 1.29 is 9.72 Å². The molecule has 0 spiro atoms. The minimum absolute atomic E-state index is 0.0433. The van der Waals surface area contributed by atoms with Crippen molar-refractivity contribution in [3.8, 4) is 0 Å². The summed E-state index contributed by atoms with van der Waals surface area (Å²) in [5.74, 6) is -0.228. The first-order valence-corrected chi connectivity index (χ1v) is 6.13. The van der Waals surface area contributed by atoms with Gasteiger partial charge < -0.3 is 5.32 Å². The van der Waals surface area contributed by atoms with Crippen LogP contribution in [0.5, 0.6) is 0 Å². The van der Waals surface area contributed by atoms with Crippen molar-refractivity contribution in [2.75, 3.05) is 5.32 Å². The number of nitrogens with zero attached hydrogens (tertiary/aromatic N) is 3. The number of nitrogens with one attached hydrogen (secondary N) is 1. The van der Waals surface area contributed by atoms with Crippen LogP contribution in [0, 0.1) is 10.1 Å². The van der Waals surface area contributed by atoms with Crippen LogP contribution >= 0.6 is 11.6 Å². The highest BCUT2D eigenvalue weighted by Gasteiger charge is 2.04. The molecule has 0 fully saturated rings. The van der Waals surface area contributed by atoms with E-state index in [1.165, 1.54) is 42.7 Å². The molecular formula is C13H9ClN4O3. The summed E-state index contributed by atoms with van der Waals surface area (Å²) in [4.78, 5) is 29.4. The Balaban J connectivity index is 2.05. The number of hydrogen-bond donors (Lipinski definition) is 1. The van der Waals surface area contributed by atoms with E-state index in [0.29, 0.717) is 5.56 Å². The van der Waals surface area contributed by atoms with E-state index in [1.54, 1.807) is 6.07 Å². The molecule has 0 bridgehead atoms. The largest absolute Gasteiger partial charge is 0.306 e. The summed E-state index contributed by atoms with van der Waals surface area (Å²) in [6.45, 7) is 0. The zero-order valence-electron chi connectivity index (χ0n) is 10.6. The highest BCUT2D eigenvalue weighted by Crippen LogP contribution is 2.14. The maximum absolute atomic E-state index is 11.7. The lowest BCUT2D eigenvalue weighted by Gasteiger charge is -2.00. The number of rotatable bonds is 4. The molecule has 0 saturated carbocycles. The Hall–Kier alpha value is -2.80. The number of benzene rings is 1. The van der Waals surface area contributed by atoms with Gasteiger partial charge in [0.15, 0.2) is 5.82 Å². The molecule has 1 heterocycles. The Kier molecular flexibility index (Phi) is 4.57. The first kappa shape index (κ1) is 14.6. The van der Waals surface area contributed by atoms with Crippen molar-refractivity contribution >= 4 is 35.1 Å². The number of carbonyl (C=O) groups excluding carboxylic acids is 1. The molecule has 0 saturated heterocycles. The molecule has 2 rings (SSSR count). The predicted molar refractivity (Wildman–Crippen MR) is 77.8 cm³/mol.